The fourth-order valence-corrected chi connectivity index (χ4v) is 1.44. The van der Waals surface area contributed by atoms with Crippen LogP contribution < -0.4 is 0 Å². The minimum absolute atomic E-state index is 0.146. The second-order valence-corrected chi connectivity index (χ2v) is 3.14. The number of carbonyl (C=O) groups excluding carboxylic acids is 1. The maximum absolute atomic E-state index is 11.0. The highest BCUT2D eigenvalue weighted by Crippen LogP contribution is 2.22. The zero-order valence-electron chi connectivity index (χ0n) is 6.08. The first-order chi connectivity index (χ1) is 5.79. The highest BCUT2D eigenvalue weighted by atomic mass is 79.9. The first-order valence-corrected chi connectivity index (χ1v) is 4.24. The molecule has 0 spiro atoms. The Morgan fingerprint density at radius 2 is 2.08 bits per heavy atom. The monoisotopic (exact) mass is 224 g/mol. The van der Waals surface area contributed by atoms with Crippen LogP contribution in [0.3, 0.4) is 0 Å². The Hall–Kier alpha value is -1.09. The van der Waals surface area contributed by atoms with Gasteiger partial charge in [-0.3, -0.25) is 4.79 Å². The second-order valence-electron chi connectivity index (χ2n) is 2.42. The average molecular weight is 225 g/mol. The molecule has 12 heavy (non-hydrogen) atoms. The van der Waals surface area contributed by atoms with Crippen LogP contribution in [0, 0.1) is 0 Å². The summed E-state index contributed by atoms with van der Waals surface area (Å²) in [6, 6.07) is 7.42. The lowest BCUT2D eigenvalue weighted by molar-refractivity contribution is 0.109. The van der Waals surface area contributed by atoms with Crippen LogP contribution in [0.4, 0.5) is 0 Å². The Morgan fingerprint density at radius 1 is 1.33 bits per heavy atom. The van der Waals surface area contributed by atoms with Crippen LogP contribution in [0.15, 0.2) is 34.9 Å². The van der Waals surface area contributed by atoms with E-state index in [1.54, 1.807) is 0 Å². The van der Waals surface area contributed by atoms with Gasteiger partial charge in [-0.25, -0.2) is 0 Å². The molecule has 0 atom stereocenters. The summed E-state index contributed by atoms with van der Waals surface area (Å²) < 4.78 is 5.01. The molecule has 0 saturated carbocycles. The van der Waals surface area contributed by atoms with Gasteiger partial charge in [0.25, 0.3) is 0 Å². The van der Waals surface area contributed by atoms with Gasteiger partial charge < -0.3 is 4.42 Å². The third-order valence-corrected chi connectivity index (χ3v) is 2.12. The van der Waals surface area contributed by atoms with Crippen LogP contribution in [0.25, 0.3) is 11.0 Å². The highest BCUT2D eigenvalue weighted by molar-refractivity contribution is 9.18. The topological polar surface area (TPSA) is 30.2 Å². The number of hydrogen-bond acceptors (Lipinski definition) is 2. The van der Waals surface area contributed by atoms with E-state index in [-0.39, 0.29) is 4.69 Å². The van der Waals surface area contributed by atoms with E-state index < -0.39 is 0 Å². The van der Waals surface area contributed by atoms with Gasteiger partial charge in [-0.15, -0.1) is 0 Å². The lowest BCUT2D eigenvalue weighted by atomic mass is 10.2. The quantitative estimate of drug-likeness (QED) is 0.698. The van der Waals surface area contributed by atoms with Gasteiger partial charge in [0.1, 0.15) is 11.8 Å². The first-order valence-electron chi connectivity index (χ1n) is 3.45. The van der Waals surface area contributed by atoms with E-state index in [9.17, 15) is 4.79 Å². The molecule has 0 saturated heterocycles. The summed E-state index contributed by atoms with van der Waals surface area (Å²) in [6.07, 6.45) is 1.46. The molecular weight excluding hydrogens is 220 g/mol. The SMILES string of the molecule is O=C(Br)c1coc2ccccc12. The number of fused-ring (bicyclic) bond motifs is 1. The molecule has 1 aromatic carbocycles. The van der Waals surface area contributed by atoms with E-state index in [0.717, 1.165) is 11.0 Å². The lowest BCUT2D eigenvalue weighted by Gasteiger charge is -1.87. The van der Waals surface area contributed by atoms with Crippen molar-refractivity contribution in [1.29, 1.82) is 0 Å². The van der Waals surface area contributed by atoms with Gasteiger partial charge in [0.2, 0.25) is 4.69 Å². The predicted octanol–water partition coefficient (Wildman–Crippen LogP) is 2.97. The zero-order chi connectivity index (χ0) is 8.55. The molecule has 1 heterocycles. The lowest BCUT2D eigenvalue weighted by Crippen LogP contribution is -1.83. The van der Waals surface area contributed by atoms with Gasteiger partial charge in [-0.05, 0) is 22.0 Å². The zero-order valence-corrected chi connectivity index (χ0v) is 7.67. The third kappa shape index (κ3) is 1.06. The summed E-state index contributed by atoms with van der Waals surface area (Å²) >= 11 is 2.88. The Kier molecular flexibility index (Phi) is 1.73. The van der Waals surface area contributed by atoms with Crippen molar-refractivity contribution in [3.8, 4) is 0 Å². The fraction of sp³-hybridized carbons (Fsp3) is 0. The largest absolute Gasteiger partial charge is 0.464 e. The Labute approximate surface area is 77.3 Å². The number of hydrogen-bond donors (Lipinski definition) is 0. The molecular formula is C9H5BrO2. The van der Waals surface area contributed by atoms with Crippen LogP contribution in [0.1, 0.15) is 10.4 Å². The maximum atomic E-state index is 11.0. The van der Waals surface area contributed by atoms with Crippen molar-refractivity contribution in [3.63, 3.8) is 0 Å². The van der Waals surface area contributed by atoms with E-state index >= 15 is 0 Å². The molecule has 2 aromatic rings. The molecule has 0 aliphatic carbocycles. The summed E-state index contributed by atoms with van der Waals surface area (Å²) in [7, 11) is 0. The normalized spacial score (nSPS) is 10.4. The molecule has 0 bridgehead atoms. The van der Waals surface area contributed by atoms with Gasteiger partial charge >= 0.3 is 0 Å². The molecule has 0 radical (unpaired) electrons. The molecule has 0 fully saturated rings. The van der Waals surface area contributed by atoms with Crippen molar-refractivity contribution in [2.24, 2.45) is 0 Å². The molecule has 0 amide bonds. The minimum atomic E-state index is -0.146. The Morgan fingerprint density at radius 3 is 2.83 bits per heavy atom. The summed E-state index contributed by atoms with van der Waals surface area (Å²) in [5.41, 5.74) is 1.31. The van der Waals surface area contributed by atoms with Gasteiger partial charge in [0, 0.05) is 5.39 Å². The highest BCUT2D eigenvalue weighted by Gasteiger charge is 2.09. The van der Waals surface area contributed by atoms with E-state index in [4.69, 9.17) is 4.42 Å². The molecule has 0 aliphatic rings. The molecule has 0 N–H and O–H groups in total. The smallest absolute Gasteiger partial charge is 0.231 e. The van der Waals surface area contributed by atoms with Gasteiger partial charge in [-0.2, -0.15) is 0 Å². The van der Waals surface area contributed by atoms with Crippen molar-refractivity contribution >= 4 is 31.6 Å². The third-order valence-electron chi connectivity index (χ3n) is 1.69. The fourth-order valence-electron chi connectivity index (χ4n) is 1.13. The van der Waals surface area contributed by atoms with Crippen molar-refractivity contribution in [1.82, 2.24) is 0 Å². The molecule has 2 nitrogen and oxygen atoms in total. The summed E-state index contributed by atoms with van der Waals surface area (Å²) in [5.74, 6) is 0. The standard InChI is InChI=1S/C9H5BrO2/c10-9(11)7-5-12-8-4-2-1-3-6(7)8/h1-5H. The van der Waals surface area contributed by atoms with Crippen LogP contribution >= 0.6 is 15.9 Å². The number of rotatable bonds is 1. The Balaban J connectivity index is 2.79. The van der Waals surface area contributed by atoms with Gasteiger partial charge in [-0.1, -0.05) is 18.2 Å². The predicted molar refractivity (Wildman–Crippen MR) is 49.5 cm³/mol. The number of para-hydroxylation sites is 1. The van der Waals surface area contributed by atoms with Crippen LogP contribution in [-0.2, 0) is 0 Å². The van der Waals surface area contributed by atoms with Gasteiger partial charge in [0.15, 0.2) is 0 Å². The van der Waals surface area contributed by atoms with Crippen molar-refractivity contribution in [2.45, 2.75) is 0 Å². The number of carbonyl (C=O) groups is 1. The van der Waals surface area contributed by atoms with Crippen molar-refractivity contribution < 1.29 is 9.21 Å². The first kappa shape index (κ1) is 7.55. The van der Waals surface area contributed by atoms with E-state index in [2.05, 4.69) is 15.9 Å². The number of benzene rings is 1. The van der Waals surface area contributed by atoms with E-state index in [1.165, 1.54) is 6.26 Å². The molecule has 60 valence electrons. The average Bonchev–Trinajstić information content (AvgIpc) is 2.47. The summed E-state index contributed by atoms with van der Waals surface area (Å²) in [5, 5.41) is 0.847. The van der Waals surface area contributed by atoms with E-state index in [1.807, 2.05) is 24.3 Å². The second kappa shape index (κ2) is 2.75. The van der Waals surface area contributed by atoms with Crippen molar-refractivity contribution in [2.75, 3.05) is 0 Å². The van der Waals surface area contributed by atoms with Crippen molar-refractivity contribution in [3.05, 3.63) is 36.1 Å². The summed E-state index contributed by atoms with van der Waals surface area (Å²) in [6.45, 7) is 0. The molecule has 0 unspecified atom stereocenters. The molecule has 3 heteroatoms. The molecule has 1 aromatic heterocycles. The minimum Gasteiger partial charge on any atom is -0.464 e. The number of halogens is 1. The summed E-state index contributed by atoms with van der Waals surface area (Å²) in [4.78, 5) is 11.0. The van der Waals surface area contributed by atoms with Crippen LogP contribution in [0.2, 0.25) is 0 Å². The number of furan rings is 1. The van der Waals surface area contributed by atoms with E-state index in [0.29, 0.717) is 5.56 Å². The van der Waals surface area contributed by atoms with Crippen LogP contribution in [0.5, 0.6) is 0 Å². The maximum Gasteiger partial charge on any atom is 0.231 e. The Bertz CT molecular complexity index is 431. The molecule has 0 aliphatic heterocycles. The van der Waals surface area contributed by atoms with Crippen LogP contribution in [-0.4, -0.2) is 4.69 Å². The van der Waals surface area contributed by atoms with Gasteiger partial charge in [0.05, 0.1) is 5.56 Å². The molecule has 2 rings (SSSR count).